The van der Waals surface area contributed by atoms with Crippen LogP contribution in [0, 0.1) is 5.41 Å². The number of hydrogen-bond donors (Lipinski definition) is 0. The van der Waals surface area contributed by atoms with Crippen LogP contribution in [0.3, 0.4) is 0 Å². The summed E-state index contributed by atoms with van der Waals surface area (Å²) in [5.41, 5.74) is 0.251. The third kappa shape index (κ3) is 1.13. The summed E-state index contributed by atoms with van der Waals surface area (Å²) in [5.74, 6) is 0.0551. The van der Waals surface area contributed by atoms with Crippen molar-refractivity contribution in [2.24, 2.45) is 5.41 Å². The van der Waals surface area contributed by atoms with Crippen molar-refractivity contribution in [2.45, 2.75) is 32.1 Å². The molecule has 1 aliphatic carbocycles. The fourth-order valence-corrected chi connectivity index (χ4v) is 4.00. The second-order valence-corrected chi connectivity index (χ2v) is 6.37. The number of carbonyl (C=O) groups is 2. The van der Waals surface area contributed by atoms with E-state index in [9.17, 15) is 14.4 Å². The van der Waals surface area contributed by atoms with E-state index in [1.165, 1.54) is 8.97 Å². The average molecular weight is 298 g/mol. The van der Waals surface area contributed by atoms with E-state index >= 15 is 0 Å². The number of rotatable bonds is 0. The molecule has 112 valence electrons. The molecule has 0 amide bonds. The van der Waals surface area contributed by atoms with Gasteiger partial charge in [-0.3, -0.25) is 23.4 Å². The van der Waals surface area contributed by atoms with Crippen LogP contribution in [0.2, 0.25) is 0 Å². The monoisotopic (exact) mass is 298 g/mol. The van der Waals surface area contributed by atoms with Gasteiger partial charge in [0.15, 0.2) is 5.78 Å². The third-order valence-corrected chi connectivity index (χ3v) is 5.34. The molecule has 1 fully saturated rings. The summed E-state index contributed by atoms with van der Waals surface area (Å²) in [6.45, 7) is 0.505. The van der Waals surface area contributed by atoms with Crippen molar-refractivity contribution in [1.29, 1.82) is 0 Å². The Kier molecular flexibility index (Phi) is 2.04. The summed E-state index contributed by atoms with van der Waals surface area (Å²) in [6.07, 6.45) is 6.62. The number of ketones is 1. The van der Waals surface area contributed by atoms with Gasteiger partial charge in [0.25, 0.3) is 5.56 Å². The number of carbonyl (C=O) groups excluding carboxylic acids is 2. The topological polar surface area (TPSA) is 69.8 Å². The summed E-state index contributed by atoms with van der Waals surface area (Å²) in [6, 6.07) is 0. The summed E-state index contributed by atoms with van der Waals surface area (Å²) in [7, 11) is 0. The zero-order valence-corrected chi connectivity index (χ0v) is 11.9. The van der Waals surface area contributed by atoms with Crippen molar-refractivity contribution in [3.8, 4) is 5.75 Å². The van der Waals surface area contributed by atoms with E-state index in [1.807, 2.05) is 0 Å². The zero-order chi connectivity index (χ0) is 15.1. The minimum absolute atomic E-state index is 0.161. The second-order valence-electron chi connectivity index (χ2n) is 6.37. The van der Waals surface area contributed by atoms with Crippen LogP contribution in [0.5, 0.6) is 5.75 Å². The SMILES string of the molecule is O=C1c2c3c(c(=O)n4ccn(c24)C(=O)C12CCC2)CCCO3. The molecule has 0 N–H and O–H groups in total. The molecular weight excluding hydrogens is 284 g/mol. The first-order chi connectivity index (χ1) is 10.6. The van der Waals surface area contributed by atoms with Crippen LogP contribution in [0.1, 0.15) is 46.4 Å². The van der Waals surface area contributed by atoms with Crippen LogP contribution in [0.4, 0.5) is 0 Å². The Morgan fingerprint density at radius 2 is 1.91 bits per heavy atom. The lowest BCUT2D eigenvalue weighted by Crippen LogP contribution is -2.51. The molecule has 1 saturated carbocycles. The quantitative estimate of drug-likeness (QED) is 0.690. The molecule has 2 aromatic heterocycles. The molecule has 1 spiro atoms. The molecule has 0 aromatic carbocycles. The molecule has 5 rings (SSSR count). The Labute approximate surface area is 125 Å². The van der Waals surface area contributed by atoms with Crippen molar-refractivity contribution in [3.63, 3.8) is 0 Å². The van der Waals surface area contributed by atoms with Crippen LogP contribution in [0.25, 0.3) is 5.65 Å². The van der Waals surface area contributed by atoms with Crippen LogP contribution >= 0.6 is 0 Å². The van der Waals surface area contributed by atoms with Crippen LogP contribution in [-0.2, 0) is 6.42 Å². The van der Waals surface area contributed by atoms with E-state index < -0.39 is 5.41 Å². The highest BCUT2D eigenvalue weighted by Crippen LogP contribution is 2.50. The van der Waals surface area contributed by atoms with Crippen molar-refractivity contribution < 1.29 is 14.3 Å². The summed E-state index contributed by atoms with van der Waals surface area (Å²) < 4.78 is 8.59. The van der Waals surface area contributed by atoms with Gasteiger partial charge in [0.2, 0.25) is 5.91 Å². The predicted octanol–water partition coefficient (Wildman–Crippen LogP) is 1.43. The molecule has 2 aromatic rings. The third-order valence-electron chi connectivity index (χ3n) is 5.34. The van der Waals surface area contributed by atoms with E-state index in [1.54, 1.807) is 12.4 Å². The first-order valence-electron chi connectivity index (χ1n) is 7.66. The first kappa shape index (κ1) is 12.2. The van der Waals surface area contributed by atoms with Crippen LogP contribution in [0.15, 0.2) is 17.2 Å². The second kappa shape index (κ2) is 3.69. The lowest BCUT2D eigenvalue weighted by molar-refractivity contribution is 0.0427. The number of fused-ring (bicyclic) bond motifs is 2. The number of ether oxygens (including phenoxy) is 1. The number of hydrogen-bond acceptors (Lipinski definition) is 4. The molecule has 0 bridgehead atoms. The summed E-state index contributed by atoms with van der Waals surface area (Å²) in [4.78, 5) is 38.4. The Morgan fingerprint density at radius 3 is 2.64 bits per heavy atom. The minimum atomic E-state index is -0.932. The highest BCUT2D eigenvalue weighted by molar-refractivity contribution is 6.23. The van der Waals surface area contributed by atoms with Crippen molar-refractivity contribution in [2.75, 3.05) is 6.61 Å². The van der Waals surface area contributed by atoms with E-state index in [-0.39, 0.29) is 17.2 Å². The fourth-order valence-electron chi connectivity index (χ4n) is 4.00. The fraction of sp³-hybridized carbons (Fsp3) is 0.438. The van der Waals surface area contributed by atoms with Gasteiger partial charge >= 0.3 is 0 Å². The highest BCUT2D eigenvalue weighted by Gasteiger charge is 2.56. The minimum Gasteiger partial charge on any atom is -0.492 e. The van der Waals surface area contributed by atoms with Gasteiger partial charge in [-0.2, -0.15) is 0 Å². The number of nitrogens with zero attached hydrogens (tertiary/aromatic N) is 2. The van der Waals surface area contributed by atoms with Gasteiger partial charge in [0, 0.05) is 12.4 Å². The Morgan fingerprint density at radius 1 is 1.09 bits per heavy atom. The molecule has 6 heteroatoms. The molecule has 3 aliphatic rings. The van der Waals surface area contributed by atoms with Gasteiger partial charge in [-0.25, -0.2) is 0 Å². The number of aromatic nitrogens is 2. The Balaban J connectivity index is 1.96. The Bertz CT molecular complexity index is 930. The molecule has 0 radical (unpaired) electrons. The molecule has 6 nitrogen and oxygen atoms in total. The van der Waals surface area contributed by atoms with Gasteiger partial charge in [0.05, 0.1) is 12.2 Å². The van der Waals surface area contributed by atoms with Crippen LogP contribution in [-0.4, -0.2) is 27.3 Å². The Hall–Kier alpha value is -2.37. The molecular formula is C16H14N2O4. The molecule has 0 saturated heterocycles. The lowest BCUT2D eigenvalue weighted by atomic mass is 9.62. The van der Waals surface area contributed by atoms with E-state index in [0.29, 0.717) is 48.4 Å². The maximum Gasteiger partial charge on any atom is 0.263 e. The molecule has 4 heterocycles. The van der Waals surface area contributed by atoms with E-state index in [4.69, 9.17) is 4.74 Å². The van der Waals surface area contributed by atoms with Crippen molar-refractivity contribution in [1.82, 2.24) is 8.97 Å². The number of imidazole rings is 1. The van der Waals surface area contributed by atoms with Crippen molar-refractivity contribution in [3.05, 3.63) is 33.9 Å². The largest absolute Gasteiger partial charge is 0.492 e. The summed E-state index contributed by atoms with van der Waals surface area (Å²) >= 11 is 0. The van der Waals surface area contributed by atoms with Gasteiger partial charge in [-0.15, -0.1) is 0 Å². The lowest BCUT2D eigenvalue weighted by Gasteiger charge is -2.41. The molecule has 2 aliphatic heterocycles. The average Bonchev–Trinajstić information content (AvgIpc) is 2.91. The molecule has 22 heavy (non-hydrogen) atoms. The van der Waals surface area contributed by atoms with E-state index in [0.717, 1.165) is 12.8 Å². The first-order valence-corrected chi connectivity index (χ1v) is 7.66. The maximum absolute atomic E-state index is 13.1. The summed E-state index contributed by atoms with van der Waals surface area (Å²) in [5, 5.41) is 0. The normalized spacial score (nSPS) is 21.6. The predicted molar refractivity (Wildman–Crippen MR) is 76.7 cm³/mol. The van der Waals surface area contributed by atoms with Gasteiger partial charge in [-0.05, 0) is 25.7 Å². The van der Waals surface area contributed by atoms with E-state index in [2.05, 4.69) is 0 Å². The van der Waals surface area contributed by atoms with Gasteiger partial charge < -0.3 is 4.74 Å². The highest BCUT2D eigenvalue weighted by atomic mass is 16.5. The molecule has 0 atom stereocenters. The number of pyridine rings is 1. The molecule has 0 unspecified atom stereocenters. The maximum atomic E-state index is 13.1. The smallest absolute Gasteiger partial charge is 0.263 e. The zero-order valence-electron chi connectivity index (χ0n) is 11.9. The van der Waals surface area contributed by atoms with Crippen LogP contribution < -0.4 is 10.3 Å². The van der Waals surface area contributed by atoms with Gasteiger partial charge in [0.1, 0.15) is 22.4 Å². The van der Waals surface area contributed by atoms with Gasteiger partial charge in [-0.1, -0.05) is 6.42 Å². The van der Waals surface area contributed by atoms with Crippen molar-refractivity contribution >= 4 is 17.3 Å². The number of Topliss-reactive ketones (excluding diaryl/α,β-unsaturated/α-hetero) is 1. The standard InChI is InChI=1S/C16H14N2O4/c19-12-10-11-9(3-1-8-22-11)14(20)17-6-7-18(13(10)17)15(21)16(12)4-2-5-16/h6-7H,1-5,8H2.